The third-order valence-corrected chi connectivity index (χ3v) is 6.98. The summed E-state index contributed by atoms with van der Waals surface area (Å²) >= 11 is 0. The minimum atomic E-state index is -0.568. The zero-order valence-electron chi connectivity index (χ0n) is 21.9. The Morgan fingerprint density at radius 3 is 2.22 bits per heavy atom. The number of rotatable bonds is 6. The second kappa shape index (κ2) is 12.1. The first-order chi connectivity index (χ1) is 17.9. The van der Waals surface area contributed by atoms with Crippen LogP contribution in [0.4, 0.5) is 4.79 Å². The van der Waals surface area contributed by atoms with Crippen LogP contribution in [-0.4, -0.2) is 89.6 Å². The lowest BCUT2D eigenvalue weighted by atomic mass is 9.89. The maximum absolute atomic E-state index is 13.5. The lowest BCUT2D eigenvalue weighted by molar-refractivity contribution is -0.139. The van der Waals surface area contributed by atoms with Crippen molar-refractivity contribution in [2.45, 2.75) is 45.6 Å². The van der Waals surface area contributed by atoms with Crippen LogP contribution in [0, 0.1) is 6.92 Å². The molecule has 0 aliphatic carbocycles. The molecule has 2 aliphatic rings. The molecule has 0 saturated carbocycles. The van der Waals surface area contributed by atoms with E-state index in [0.29, 0.717) is 57.2 Å². The van der Waals surface area contributed by atoms with Crippen molar-refractivity contribution in [2.24, 2.45) is 0 Å². The second-order valence-electron chi connectivity index (χ2n) is 9.54. The zero-order valence-corrected chi connectivity index (χ0v) is 21.9. The fourth-order valence-electron chi connectivity index (χ4n) is 4.93. The number of para-hydroxylation sites is 1. The van der Waals surface area contributed by atoms with E-state index in [0.717, 1.165) is 24.2 Å². The molecule has 3 heterocycles. The van der Waals surface area contributed by atoms with Gasteiger partial charge < -0.3 is 24.2 Å². The summed E-state index contributed by atoms with van der Waals surface area (Å²) in [6.45, 7) is 8.81. The molecule has 2 fully saturated rings. The molecule has 0 bridgehead atoms. The van der Waals surface area contributed by atoms with Gasteiger partial charge in [-0.3, -0.25) is 14.6 Å². The van der Waals surface area contributed by atoms with Crippen LogP contribution < -0.4 is 4.74 Å². The number of piperazine rings is 1. The molecule has 9 nitrogen and oxygen atoms in total. The number of carbonyl (C=O) groups excluding carboxylic acids is 3. The number of pyridine rings is 1. The summed E-state index contributed by atoms with van der Waals surface area (Å²) in [5, 5.41) is 0. The largest absolute Gasteiger partial charge is 0.481 e. The molecule has 37 heavy (non-hydrogen) atoms. The SMILES string of the molecule is CCOC(=O)N1CCN(C(=O)c2ccc(C)nc2C2CCN(C(=O)C(C)Oc3ccccc3)CC2)CC1. The minimum absolute atomic E-state index is 0.0322. The Labute approximate surface area is 218 Å². The molecule has 4 rings (SSSR count). The van der Waals surface area contributed by atoms with Gasteiger partial charge in [-0.15, -0.1) is 0 Å². The first-order valence-corrected chi connectivity index (χ1v) is 13.1. The van der Waals surface area contributed by atoms with E-state index in [9.17, 15) is 14.4 Å². The van der Waals surface area contributed by atoms with Crippen LogP contribution in [0.1, 0.15) is 54.4 Å². The quantitative estimate of drug-likeness (QED) is 0.593. The van der Waals surface area contributed by atoms with E-state index >= 15 is 0 Å². The number of carbonyl (C=O) groups is 3. The van der Waals surface area contributed by atoms with Gasteiger partial charge in [0.2, 0.25) is 0 Å². The number of likely N-dealkylation sites (tertiary alicyclic amines) is 1. The number of hydrogen-bond donors (Lipinski definition) is 0. The number of aryl methyl sites for hydroxylation is 1. The third-order valence-electron chi connectivity index (χ3n) is 6.98. The first kappa shape index (κ1) is 26.4. The summed E-state index contributed by atoms with van der Waals surface area (Å²) in [4.78, 5) is 48.5. The van der Waals surface area contributed by atoms with Crippen LogP contribution in [0.15, 0.2) is 42.5 Å². The average Bonchev–Trinajstić information content (AvgIpc) is 2.93. The summed E-state index contributed by atoms with van der Waals surface area (Å²) in [5.74, 6) is 0.673. The molecular weight excluding hydrogens is 472 g/mol. The highest BCUT2D eigenvalue weighted by Gasteiger charge is 2.32. The Kier molecular flexibility index (Phi) is 8.63. The van der Waals surface area contributed by atoms with Crippen LogP contribution >= 0.6 is 0 Å². The standard InChI is InChI=1S/C28H36N4O5/c1-4-36-28(35)32-18-16-31(17-19-32)27(34)24-11-10-20(2)29-25(24)22-12-14-30(15-13-22)26(33)21(3)37-23-8-6-5-7-9-23/h5-11,21-22H,4,12-19H2,1-3H3. The van der Waals surface area contributed by atoms with Crippen molar-refractivity contribution in [1.82, 2.24) is 19.7 Å². The molecule has 2 aromatic rings. The molecule has 1 atom stereocenters. The Hall–Kier alpha value is -3.62. The van der Waals surface area contributed by atoms with Crippen molar-refractivity contribution in [1.29, 1.82) is 0 Å². The summed E-state index contributed by atoms with van der Waals surface area (Å²) in [7, 11) is 0. The second-order valence-corrected chi connectivity index (χ2v) is 9.54. The van der Waals surface area contributed by atoms with Gasteiger partial charge in [0.05, 0.1) is 17.9 Å². The van der Waals surface area contributed by atoms with Crippen LogP contribution in [-0.2, 0) is 9.53 Å². The number of ether oxygens (including phenoxy) is 2. The molecule has 1 unspecified atom stereocenters. The van der Waals surface area contributed by atoms with Crippen molar-refractivity contribution in [3.05, 3.63) is 59.4 Å². The van der Waals surface area contributed by atoms with Gasteiger partial charge in [-0.2, -0.15) is 0 Å². The fourth-order valence-corrected chi connectivity index (χ4v) is 4.93. The molecule has 9 heteroatoms. The van der Waals surface area contributed by atoms with Gasteiger partial charge in [-0.25, -0.2) is 4.79 Å². The Morgan fingerprint density at radius 2 is 1.57 bits per heavy atom. The highest BCUT2D eigenvalue weighted by molar-refractivity contribution is 5.95. The molecule has 198 valence electrons. The van der Waals surface area contributed by atoms with Crippen LogP contribution in [0.3, 0.4) is 0 Å². The molecule has 0 N–H and O–H groups in total. The Morgan fingerprint density at radius 1 is 0.919 bits per heavy atom. The monoisotopic (exact) mass is 508 g/mol. The van der Waals surface area contributed by atoms with Crippen molar-refractivity contribution in [3.63, 3.8) is 0 Å². The maximum Gasteiger partial charge on any atom is 0.409 e. The molecule has 2 aliphatic heterocycles. The van der Waals surface area contributed by atoms with E-state index in [1.165, 1.54) is 0 Å². The molecule has 0 spiro atoms. The normalized spacial score (nSPS) is 17.3. The summed E-state index contributed by atoms with van der Waals surface area (Å²) in [5.41, 5.74) is 2.28. The summed E-state index contributed by atoms with van der Waals surface area (Å²) in [6, 6.07) is 13.1. The predicted octanol–water partition coefficient (Wildman–Crippen LogP) is 3.48. The van der Waals surface area contributed by atoms with Gasteiger partial charge in [-0.05, 0) is 57.9 Å². The number of amides is 3. The maximum atomic E-state index is 13.5. The molecule has 1 aromatic carbocycles. The van der Waals surface area contributed by atoms with Crippen LogP contribution in [0.25, 0.3) is 0 Å². The Bertz CT molecular complexity index is 1090. The number of aromatic nitrogens is 1. The van der Waals surface area contributed by atoms with Gasteiger partial charge in [0.25, 0.3) is 11.8 Å². The zero-order chi connectivity index (χ0) is 26.4. The summed E-state index contributed by atoms with van der Waals surface area (Å²) in [6.07, 6.45) is 0.562. The van der Waals surface area contributed by atoms with Crippen LogP contribution in [0.5, 0.6) is 5.75 Å². The minimum Gasteiger partial charge on any atom is -0.481 e. The third kappa shape index (κ3) is 6.39. The number of hydrogen-bond acceptors (Lipinski definition) is 6. The highest BCUT2D eigenvalue weighted by Crippen LogP contribution is 2.31. The summed E-state index contributed by atoms with van der Waals surface area (Å²) < 4.78 is 10.9. The van der Waals surface area contributed by atoms with Crippen molar-refractivity contribution >= 4 is 17.9 Å². The van der Waals surface area contributed by atoms with E-state index in [2.05, 4.69) is 0 Å². The first-order valence-electron chi connectivity index (χ1n) is 13.1. The Balaban J connectivity index is 1.37. The molecule has 0 radical (unpaired) electrons. The lowest BCUT2D eigenvalue weighted by Crippen LogP contribution is -2.51. The highest BCUT2D eigenvalue weighted by atomic mass is 16.6. The van der Waals surface area contributed by atoms with E-state index in [1.807, 2.05) is 54.3 Å². The van der Waals surface area contributed by atoms with E-state index in [-0.39, 0.29) is 23.8 Å². The molecule has 2 saturated heterocycles. The van der Waals surface area contributed by atoms with E-state index < -0.39 is 6.10 Å². The lowest BCUT2D eigenvalue weighted by Gasteiger charge is -2.36. The van der Waals surface area contributed by atoms with E-state index in [4.69, 9.17) is 14.5 Å². The number of nitrogens with zero attached hydrogens (tertiary/aromatic N) is 4. The number of benzene rings is 1. The predicted molar refractivity (Wildman–Crippen MR) is 139 cm³/mol. The van der Waals surface area contributed by atoms with Crippen molar-refractivity contribution < 1.29 is 23.9 Å². The molecular formula is C28H36N4O5. The average molecular weight is 509 g/mol. The van der Waals surface area contributed by atoms with Gasteiger partial charge in [0, 0.05) is 50.9 Å². The van der Waals surface area contributed by atoms with Gasteiger partial charge >= 0.3 is 6.09 Å². The molecule has 1 aromatic heterocycles. The smallest absolute Gasteiger partial charge is 0.409 e. The molecule has 3 amide bonds. The van der Waals surface area contributed by atoms with Crippen molar-refractivity contribution in [2.75, 3.05) is 45.9 Å². The van der Waals surface area contributed by atoms with Gasteiger partial charge in [0.1, 0.15) is 5.75 Å². The topological polar surface area (TPSA) is 92.3 Å². The van der Waals surface area contributed by atoms with Crippen molar-refractivity contribution in [3.8, 4) is 5.75 Å². The van der Waals surface area contributed by atoms with Crippen LogP contribution in [0.2, 0.25) is 0 Å². The van der Waals surface area contributed by atoms with E-state index in [1.54, 1.807) is 23.6 Å². The number of piperidine rings is 1. The fraction of sp³-hybridized carbons (Fsp3) is 0.500. The van der Waals surface area contributed by atoms with Gasteiger partial charge in [-0.1, -0.05) is 18.2 Å². The van der Waals surface area contributed by atoms with Gasteiger partial charge in [0.15, 0.2) is 6.10 Å².